The van der Waals surface area contributed by atoms with Crippen LogP contribution in [0.3, 0.4) is 0 Å². The van der Waals surface area contributed by atoms with Gasteiger partial charge in [0.1, 0.15) is 5.69 Å². The summed E-state index contributed by atoms with van der Waals surface area (Å²) in [7, 11) is 3.11. The molecule has 0 spiro atoms. The van der Waals surface area contributed by atoms with E-state index in [0.29, 0.717) is 37.6 Å². The molecule has 6 nitrogen and oxygen atoms in total. The Labute approximate surface area is 146 Å². The Balaban J connectivity index is 2.10. The Morgan fingerprint density at radius 1 is 1.20 bits per heavy atom. The number of aromatic nitrogens is 1. The lowest BCUT2D eigenvalue weighted by Gasteiger charge is -2.29. The summed E-state index contributed by atoms with van der Waals surface area (Å²) in [5, 5.41) is 0. The highest BCUT2D eigenvalue weighted by Gasteiger charge is 2.18. The molecule has 1 aromatic heterocycles. The second-order valence-corrected chi connectivity index (χ2v) is 6.15. The van der Waals surface area contributed by atoms with Gasteiger partial charge in [0.15, 0.2) is 0 Å². The first-order chi connectivity index (χ1) is 12.0. The predicted molar refractivity (Wildman–Crippen MR) is 96.2 cm³/mol. The topological polar surface area (TPSA) is 60.8 Å². The third-order valence-electron chi connectivity index (χ3n) is 4.49. The van der Waals surface area contributed by atoms with E-state index < -0.39 is 0 Å². The van der Waals surface area contributed by atoms with Crippen molar-refractivity contribution in [2.75, 3.05) is 38.3 Å². The van der Waals surface area contributed by atoms with Crippen molar-refractivity contribution in [2.45, 2.75) is 6.92 Å². The standard InChI is InChI=1S/C19H22N2O4/c1-13-4-5-14(19(23)24-3)10-16(13)15-11-17(18(22)20(2)12-15)21-6-8-25-9-7-21/h4-5,10-12H,6-9H2,1-3H3. The third kappa shape index (κ3) is 3.44. The van der Waals surface area contributed by atoms with Crippen LogP contribution in [0, 0.1) is 6.92 Å². The van der Waals surface area contributed by atoms with Crippen LogP contribution in [0.4, 0.5) is 5.69 Å². The number of anilines is 1. The molecule has 0 bridgehead atoms. The lowest BCUT2D eigenvalue weighted by atomic mass is 9.98. The van der Waals surface area contributed by atoms with E-state index >= 15 is 0 Å². The molecule has 0 saturated carbocycles. The smallest absolute Gasteiger partial charge is 0.337 e. The number of benzene rings is 1. The average molecular weight is 342 g/mol. The van der Waals surface area contributed by atoms with Gasteiger partial charge in [0.2, 0.25) is 0 Å². The molecule has 2 heterocycles. The fourth-order valence-electron chi connectivity index (χ4n) is 3.05. The third-order valence-corrected chi connectivity index (χ3v) is 4.49. The number of hydrogen-bond donors (Lipinski definition) is 0. The van der Waals surface area contributed by atoms with Crippen molar-refractivity contribution >= 4 is 11.7 Å². The zero-order valence-corrected chi connectivity index (χ0v) is 14.7. The number of methoxy groups -OCH3 is 1. The van der Waals surface area contributed by atoms with E-state index in [-0.39, 0.29) is 11.5 Å². The van der Waals surface area contributed by atoms with Crippen LogP contribution in [-0.2, 0) is 16.5 Å². The SMILES string of the molecule is COC(=O)c1ccc(C)c(-c2cc(N3CCOCC3)c(=O)n(C)c2)c1. The number of esters is 1. The number of hydrogen-bond acceptors (Lipinski definition) is 5. The van der Waals surface area contributed by atoms with Crippen molar-refractivity contribution in [3.8, 4) is 11.1 Å². The Bertz CT molecular complexity index is 851. The van der Waals surface area contributed by atoms with Gasteiger partial charge in [0.05, 0.1) is 25.9 Å². The summed E-state index contributed by atoms with van der Waals surface area (Å²) in [6.07, 6.45) is 1.80. The summed E-state index contributed by atoms with van der Waals surface area (Å²) in [6.45, 7) is 4.60. The van der Waals surface area contributed by atoms with Crippen LogP contribution in [0.2, 0.25) is 0 Å². The molecular weight excluding hydrogens is 320 g/mol. The number of ether oxygens (including phenoxy) is 2. The van der Waals surface area contributed by atoms with Crippen molar-refractivity contribution < 1.29 is 14.3 Å². The maximum atomic E-state index is 12.6. The first kappa shape index (κ1) is 17.2. The van der Waals surface area contributed by atoms with Crippen molar-refractivity contribution in [3.63, 3.8) is 0 Å². The van der Waals surface area contributed by atoms with Gasteiger partial charge in [-0.2, -0.15) is 0 Å². The van der Waals surface area contributed by atoms with Gasteiger partial charge < -0.3 is 18.9 Å². The van der Waals surface area contributed by atoms with E-state index in [1.807, 2.05) is 25.1 Å². The lowest BCUT2D eigenvalue weighted by Crippen LogP contribution is -2.40. The summed E-state index contributed by atoms with van der Waals surface area (Å²) in [4.78, 5) is 26.5. The van der Waals surface area contributed by atoms with E-state index in [4.69, 9.17) is 9.47 Å². The molecule has 1 aliphatic heterocycles. The molecule has 0 unspecified atom stereocenters. The Morgan fingerprint density at radius 2 is 1.92 bits per heavy atom. The highest BCUT2D eigenvalue weighted by atomic mass is 16.5. The highest BCUT2D eigenvalue weighted by Crippen LogP contribution is 2.27. The Morgan fingerprint density at radius 3 is 2.60 bits per heavy atom. The minimum Gasteiger partial charge on any atom is -0.465 e. The number of morpholine rings is 1. The predicted octanol–water partition coefficient (Wildman–Crippen LogP) is 1.98. The summed E-state index contributed by atoms with van der Waals surface area (Å²) in [6, 6.07) is 7.34. The maximum Gasteiger partial charge on any atom is 0.337 e. The minimum absolute atomic E-state index is 0.0348. The average Bonchev–Trinajstić information content (AvgIpc) is 2.64. The zero-order valence-electron chi connectivity index (χ0n) is 14.7. The van der Waals surface area contributed by atoms with Crippen LogP contribution >= 0.6 is 0 Å². The van der Waals surface area contributed by atoms with Crippen LogP contribution < -0.4 is 10.5 Å². The molecule has 1 aliphatic rings. The molecule has 1 aromatic carbocycles. The number of carbonyl (C=O) groups is 1. The van der Waals surface area contributed by atoms with Crippen LogP contribution in [0.25, 0.3) is 11.1 Å². The molecule has 0 aliphatic carbocycles. The van der Waals surface area contributed by atoms with Gasteiger partial charge in [-0.15, -0.1) is 0 Å². The molecular formula is C19H22N2O4. The van der Waals surface area contributed by atoms with Crippen LogP contribution in [0.5, 0.6) is 0 Å². The second kappa shape index (κ2) is 7.11. The van der Waals surface area contributed by atoms with Crippen molar-refractivity contribution in [3.05, 3.63) is 51.9 Å². The van der Waals surface area contributed by atoms with Gasteiger partial charge in [-0.05, 0) is 36.2 Å². The Hall–Kier alpha value is -2.60. The Kier molecular flexibility index (Phi) is 4.90. The summed E-state index contributed by atoms with van der Waals surface area (Å²) in [5.41, 5.74) is 3.95. The summed E-state index contributed by atoms with van der Waals surface area (Å²) < 4.78 is 11.8. The monoisotopic (exact) mass is 342 g/mol. The number of carbonyl (C=O) groups excluding carboxylic acids is 1. The van der Waals surface area contributed by atoms with E-state index in [0.717, 1.165) is 16.7 Å². The van der Waals surface area contributed by atoms with Gasteiger partial charge in [-0.1, -0.05) is 6.07 Å². The second-order valence-electron chi connectivity index (χ2n) is 6.15. The van der Waals surface area contributed by atoms with E-state index in [9.17, 15) is 9.59 Å². The summed E-state index contributed by atoms with van der Waals surface area (Å²) in [5.74, 6) is -0.375. The van der Waals surface area contributed by atoms with E-state index in [1.54, 1.807) is 23.9 Å². The molecule has 3 rings (SSSR count). The van der Waals surface area contributed by atoms with Crippen molar-refractivity contribution in [2.24, 2.45) is 7.05 Å². The normalized spacial score (nSPS) is 14.4. The maximum absolute atomic E-state index is 12.6. The fourth-order valence-corrected chi connectivity index (χ4v) is 3.05. The van der Waals surface area contributed by atoms with Crippen molar-refractivity contribution in [1.29, 1.82) is 0 Å². The van der Waals surface area contributed by atoms with Gasteiger partial charge in [-0.25, -0.2) is 4.79 Å². The molecule has 0 N–H and O–H groups in total. The molecule has 6 heteroatoms. The van der Waals surface area contributed by atoms with Crippen LogP contribution in [0.15, 0.2) is 35.3 Å². The summed E-state index contributed by atoms with van der Waals surface area (Å²) >= 11 is 0. The molecule has 2 aromatic rings. The molecule has 1 fully saturated rings. The fraction of sp³-hybridized carbons (Fsp3) is 0.368. The first-order valence-corrected chi connectivity index (χ1v) is 8.24. The molecule has 1 saturated heterocycles. The number of rotatable bonds is 3. The number of aryl methyl sites for hydroxylation is 2. The van der Waals surface area contributed by atoms with Gasteiger partial charge in [-0.3, -0.25) is 4.79 Å². The molecule has 25 heavy (non-hydrogen) atoms. The van der Waals surface area contributed by atoms with Crippen LogP contribution in [-0.4, -0.2) is 43.9 Å². The quantitative estimate of drug-likeness (QED) is 0.798. The van der Waals surface area contributed by atoms with Crippen LogP contribution in [0.1, 0.15) is 15.9 Å². The lowest BCUT2D eigenvalue weighted by molar-refractivity contribution is 0.0601. The minimum atomic E-state index is -0.375. The molecule has 0 atom stereocenters. The zero-order chi connectivity index (χ0) is 18.0. The molecule has 0 amide bonds. The largest absolute Gasteiger partial charge is 0.465 e. The number of pyridine rings is 1. The first-order valence-electron chi connectivity index (χ1n) is 8.24. The molecule has 132 valence electrons. The molecule has 0 radical (unpaired) electrons. The van der Waals surface area contributed by atoms with Gasteiger partial charge in [0, 0.05) is 31.9 Å². The van der Waals surface area contributed by atoms with Gasteiger partial charge >= 0.3 is 5.97 Å². The van der Waals surface area contributed by atoms with Gasteiger partial charge in [0.25, 0.3) is 5.56 Å². The number of nitrogens with zero attached hydrogens (tertiary/aromatic N) is 2. The highest BCUT2D eigenvalue weighted by molar-refractivity contribution is 5.91. The van der Waals surface area contributed by atoms with Crippen molar-refractivity contribution in [1.82, 2.24) is 4.57 Å². The van der Waals surface area contributed by atoms with E-state index in [2.05, 4.69) is 4.90 Å². The van der Waals surface area contributed by atoms with E-state index in [1.165, 1.54) is 7.11 Å².